The zero-order valence-corrected chi connectivity index (χ0v) is 14.2. The molecule has 0 heterocycles. The summed E-state index contributed by atoms with van der Waals surface area (Å²) in [5.74, 6) is -0.719. The molecular weight excluding hydrogens is 333 g/mol. The van der Waals surface area contributed by atoms with Crippen LogP contribution in [0.25, 0.3) is 11.1 Å². The van der Waals surface area contributed by atoms with Gasteiger partial charge in [-0.1, -0.05) is 43.0 Å². The van der Waals surface area contributed by atoms with Gasteiger partial charge in [-0.15, -0.1) is 0 Å². The minimum absolute atomic E-state index is 0.317. The zero-order valence-electron chi connectivity index (χ0n) is 13.3. The van der Waals surface area contributed by atoms with Gasteiger partial charge in [-0.25, -0.2) is 8.78 Å². The van der Waals surface area contributed by atoms with E-state index in [-0.39, 0.29) is 0 Å². The Hall–Kier alpha value is -2.07. The normalized spacial score (nSPS) is 12.2. The van der Waals surface area contributed by atoms with Crippen LogP contribution in [-0.4, -0.2) is 14.2 Å². The fourth-order valence-corrected chi connectivity index (χ4v) is 3.10. The fraction of sp³-hybridized carbons (Fsp3) is 0.111. The Labute approximate surface area is 139 Å². The van der Waals surface area contributed by atoms with Gasteiger partial charge in [0.05, 0.1) is 0 Å². The van der Waals surface area contributed by atoms with Gasteiger partial charge < -0.3 is 9.05 Å². The molecular formula is C18H17F2O3P. The molecule has 0 bridgehead atoms. The maximum atomic E-state index is 13.6. The Balaban J connectivity index is 2.61. The second-order valence-electron chi connectivity index (χ2n) is 4.92. The standard InChI is InChI=1S/C18H17F2O3P/c1-13(14-7-5-4-6-8-14)16(12-24(21,22-2)23-3)15-9-10-17(19)18(20)11-15/h4-12H,1H2,2-3H3/b16-12-. The predicted octanol–water partition coefficient (Wildman–Crippen LogP) is 5.51. The lowest BCUT2D eigenvalue weighted by atomic mass is 9.95. The van der Waals surface area contributed by atoms with E-state index >= 15 is 0 Å². The van der Waals surface area contributed by atoms with Gasteiger partial charge in [0.25, 0.3) is 0 Å². The van der Waals surface area contributed by atoms with Gasteiger partial charge in [-0.3, -0.25) is 4.57 Å². The number of benzene rings is 2. The van der Waals surface area contributed by atoms with Crippen molar-refractivity contribution in [3.8, 4) is 0 Å². The molecule has 3 nitrogen and oxygen atoms in total. The van der Waals surface area contributed by atoms with Crippen molar-refractivity contribution in [3.63, 3.8) is 0 Å². The van der Waals surface area contributed by atoms with Gasteiger partial charge in [-0.05, 0) is 34.4 Å². The van der Waals surface area contributed by atoms with Crippen LogP contribution in [0.5, 0.6) is 0 Å². The van der Waals surface area contributed by atoms with Gasteiger partial charge in [0.1, 0.15) is 0 Å². The third kappa shape index (κ3) is 4.06. The molecule has 126 valence electrons. The molecule has 6 heteroatoms. The summed E-state index contributed by atoms with van der Waals surface area (Å²) in [6.07, 6.45) is 0. The summed E-state index contributed by atoms with van der Waals surface area (Å²) >= 11 is 0. The van der Waals surface area contributed by atoms with Crippen LogP contribution in [0.2, 0.25) is 0 Å². The number of halogens is 2. The summed E-state index contributed by atoms with van der Waals surface area (Å²) in [5, 5.41) is 0. The van der Waals surface area contributed by atoms with Crippen molar-refractivity contribution in [1.29, 1.82) is 0 Å². The van der Waals surface area contributed by atoms with E-state index in [0.717, 1.165) is 17.7 Å². The highest BCUT2D eigenvalue weighted by Gasteiger charge is 2.22. The number of hydrogen-bond donors (Lipinski definition) is 0. The van der Waals surface area contributed by atoms with E-state index in [9.17, 15) is 13.3 Å². The van der Waals surface area contributed by atoms with Gasteiger partial charge in [-0.2, -0.15) is 0 Å². The molecule has 0 atom stereocenters. The largest absolute Gasteiger partial charge is 0.354 e. The molecule has 0 aliphatic heterocycles. The molecule has 0 spiro atoms. The van der Waals surface area contributed by atoms with Gasteiger partial charge in [0.2, 0.25) is 0 Å². The minimum Gasteiger partial charge on any atom is -0.309 e. The number of allylic oxidation sites excluding steroid dienone is 2. The van der Waals surface area contributed by atoms with Crippen LogP contribution in [0.4, 0.5) is 8.78 Å². The Morgan fingerprint density at radius 3 is 2.17 bits per heavy atom. The van der Waals surface area contributed by atoms with Gasteiger partial charge >= 0.3 is 7.60 Å². The molecule has 0 amide bonds. The van der Waals surface area contributed by atoms with Crippen LogP contribution < -0.4 is 0 Å². The van der Waals surface area contributed by atoms with E-state index < -0.39 is 19.2 Å². The minimum atomic E-state index is -3.54. The Morgan fingerprint density at radius 1 is 1.00 bits per heavy atom. The summed E-state index contributed by atoms with van der Waals surface area (Å²) in [7, 11) is -1.05. The summed E-state index contributed by atoms with van der Waals surface area (Å²) in [4.78, 5) is 0. The van der Waals surface area contributed by atoms with Crippen molar-refractivity contribution in [3.05, 3.63) is 83.7 Å². The molecule has 0 aliphatic carbocycles. The van der Waals surface area contributed by atoms with E-state index in [1.165, 1.54) is 26.1 Å². The first kappa shape index (κ1) is 18.3. The third-order valence-electron chi connectivity index (χ3n) is 3.47. The SMILES string of the molecule is C=C(/C(=C/P(=O)(OC)OC)c1ccc(F)c(F)c1)c1ccccc1. The Kier molecular flexibility index (Phi) is 5.84. The predicted molar refractivity (Wildman–Crippen MR) is 91.4 cm³/mol. The summed E-state index contributed by atoms with van der Waals surface area (Å²) in [5.41, 5.74) is 1.88. The van der Waals surface area contributed by atoms with E-state index in [0.29, 0.717) is 16.7 Å². The molecule has 0 fully saturated rings. The quantitative estimate of drug-likeness (QED) is 0.509. The molecule has 2 aromatic rings. The average molecular weight is 350 g/mol. The highest BCUT2D eigenvalue weighted by Crippen LogP contribution is 2.51. The average Bonchev–Trinajstić information content (AvgIpc) is 2.62. The first-order valence-electron chi connectivity index (χ1n) is 7.04. The fourth-order valence-electron chi connectivity index (χ4n) is 2.12. The smallest absolute Gasteiger partial charge is 0.309 e. The molecule has 2 aromatic carbocycles. The molecule has 0 aliphatic rings. The first-order chi connectivity index (χ1) is 11.4. The lowest BCUT2D eigenvalue weighted by Crippen LogP contribution is -1.94. The van der Waals surface area contributed by atoms with Crippen molar-refractivity contribution in [2.24, 2.45) is 0 Å². The first-order valence-corrected chi connectivity index (χ1v) is 8.65. The summed E-state index contributed by atoms with van der Waals surface area (Å²) in [6, 6.07) is 12.5. The highest BCUT2D eigenvalue weighted by atomic mass is 31.2. The molecule has 0 radical (unpaired) electrons. The second kappa shape index (κ2) is 7.67. The molecule has 0 aromatic heterocycles. The van der Waals surface area contributed by atoms with Crippen LogP contribution in [0.15, 0.2) is 60.9 Å². The monoisotopic (exact) mass is 350 g/mol. The molecule has 0 N–H and O–H groups in total. The maximum absolute atomic E-state index is 13.6. The van der Waals surface area contributed by atoms with Crippen LogP contribution in [-0.2, 0) is 13.6 Å². The Bertz CT molecular complexity index is 808. The lowest BCUT2D eigenvalue weighted by molar-refractivity contribution is 0.286. The van der Waals surface area contributed by atoms with Crippen molar-refractivity contribution in [1.82, 2.24) is 0 Å². The summed E-state index contributed by atoms with van der Waals surface area (Å²) < 4.78 is 49.2. The van der Waals surface area contributed by atoms with Crippen molar-refractivity contribution >= 4 is 18.7 Å². The number of rotatable bonds is 6. The van der Waals surface area contributed by atoms with Gasteiger partial charge in [0.15, 0.2) is 11.6 Å². The van der Waals surface area contributed by atoms with Crippen molar-refractivity contribution in [2.75, 3.05) is 14.2 Å². The van der Waals surface area contributed by atoms with Gasteiger partial charge in [0, 0.05) is 20.0 Å². The van der Waals surface area contributed by atoms with Crippen LogP contribution in [0.3, 0.4) is 0 Å². The van der Waals surface area contributed by atoms with E-state index in [1.807, 2.05) is 18.2 Å². The van der Waals surface area contributed by atoms with Crippen molar-refractivity contribution in [2.45, 2.75) is 0 Å². The van der Waals surface area contributed by atoms with Crippen LogP contribution in [0, 0.1) is 11.6 Å². The zero-order chi connectivity index (χ0) is 17.7. The molecule has 24 heavy (non-hydrogen) atoms. The highest BCUT2D eigenvalue weighted by molar-refractivity contribution is 7.57. The second-order valence-corrected chi connectivity index (χ2v) is 6.99. The molecule has 0 saturated carbocycles. The maximum Gasteiger partial charge on any atom is 0.354 e. The topological polar surface area (TPSA) is 35.5 Å². The van der Waals surface area contributed by atoms with E-state index in [1.54, 1.807) is 12.1 Å². The third-order valence-corrected chi connectivity index (χ3v) is 5.07. The molecule has 0 saturated heterocycles. The van der Waals surface area contributed by atoms with E-state index in [2.05, 4.69) is 6.58 Å². The Morgan fingerprint density at radius 2 is 1.62 bits per heavy atom. The summed E-state index contributed by atoms with van der Waals surface area (Å²) in [6.45, 7) is 3.99. The lowest BCUT2D eigenvalue weighted by Gasteiger charge is -2.16. The molecule has 0 unspecified atom stereocenters. The number of hydrogen-bond acceptors (Lipinski definition) is 3. The van der Waals surface area contributed by atoms with E-state index in [4.69, 9.17) is 9.05 Å². The van der Waals surface area contributed by atoms with Crippen molar-refractivity contribution < 1.29 is 22.4 Å². The molecule has 2 rings (SSSR count). The van der Waals surface area contributed by atoms with Crippen LogP contribution >= 0.6 is 7.60 Å². The van der Waals surface area contributed by atoms with Crippen LogP contribution in [0.1, 0.15) is 11.1 Å².